The van der Waals surface area contributed by atoms with Crippen molar-refractivity contribution in [3.05, 3.63) is 48.3 Å². The number of anilines is 1. The van der Waals surface area contributed by atoms with E-state index in [1.165, 1.54) is 0 Å². The normalized spacial score (nSPS) is 21.1. The van der Waals surface area contributed by atoms with E-state index in [9.17, 15) is 4.79 Å². The molecule has 0 aliphatic carbocycles. The van der Waals surface area contributed by atoms with Gasteiger partial charge < -0.3 is 16.4 Å². The van der Waals surface area contributed by atoms with Crippen molar-refractivity contribution in [2.24, 2.45) is 11.5 Å². The van der Waals surface area contributed by atoms with E-state index in [0.29, 0.717) is 12.2 Å². The van der Waals surface area contributed by atoms with Crippen molar-refractivity contribution < 1.29 is 4.79 Å². The third-order valence-corrected chi connectivity index (χ3v) is 4.06. The van der Waals surface area contributed by atoms with E-state index in [4.69, 9.17) is 11.5 Å². The Morgan fingerprint density at radius 2 is 2.00 bits per heavy atom. The van der Waals surface area contributed by atoms with Crippen LogP contribution < -0.4 is 16.4 Å². The molecule has 1 aliphatic rings. The summed E-state index contributed by atoms with van der Waals surface area (Å²) in [4.78, 5) is 18.1. The van der Waals surface area contributed by atoms with Gasteiger partial charge in [0.25, 0.3) is 5.91 Å². The molecule has 1 aliphatic heterocycles. The molecule has 1 amide bonds. The molecule has 2 heterocycles. The topological polar surface area (TPSA) is 85.2 Å². The summed E-state index contributed by atoms with van der Waals surface area (Å²) in [6.45, 7) is 3.49. The smallest absolute Gasteiger partial charge is 0.269 e. The van der Waals surface area contributed by atoms with Crippen molar-refractivity contribution in [2.45, 2.75) is 18.9 Å². The summed E-state index contributed by atoms with van der Waals surface area (Å²) in [5, 5.41) is 0. The van der Waals surface area contributed by atoms with Gasteiger partial charge in [-0.1, -0.05) is 30.3 Å². The standard InChI is InChI=1S/C17H20N4O/c1-17(19)8-10-21(11-17)15-13(12-5-3-2-4-6-12)7-9-20-14(15)16(18)22/h2-7,9H,8,10-11,19H2,1H3,(H2,18,22). The predicted octanol–water partition coefficient (Wildman–Crippen LogP) is 1.78. The lowest BCUT2D eigenvalue weighted by Crippen LogP contribution is -2.39. The third-order valence-electron chi connectivity index (χ3n) is 4.06. The van der Waals surface area contributed by atoms with Crippen LogP contribution in [0.3, 0.4) is 0 Å². The summed E-state index contributed by atoms with van der Waals surface area (Å²) in [7, 11) is 0. The molecule has 0 bridgehead atoms. The minimum Gasteiger partial charge on any atom is -0.367 e. The highest BCUT2D eigenvalue weighted by Gasteiger charge is 2.33. The Balaban J connectivity index is 2.15. The second kappa shape index (κ2) is 5.42. The number of aromatic nitrogens is 1. The zero-order valence-corrected chi connectivity index (χ0v) is 12.6. The predicted molar refractivity (Wildman–Crippen MR) is 87.6 cm³/mol. The van der Waals surface area contributed by atoms with Crippen molar-refractivity contribution in [3.8, 4) is 11.1 Å². The van der Waals surface area contributed by atoms with Crippen LogP contribution in [0, 0.1) is 0 Å². The monoisotopic (exact) mass is 296 g/mol. The number of nitrogens with zero attached hydrogens (tertiary/aromatic N) is 2. The van der Waals surface area contributed by atoms with E-state index >= 15 is 0 Å². The number of rotatable bonds is 3. The first kappa shape index (κ1) is 14.5. The lowest BCUT2D eigenvalue weighted by atomic mass is 10.0. The number of nitrogens with two attached hydrogens (primary N) is 2. The van der Waals surface area contributed by atoms with E-state index in [1.54, 1.807) is 6.20 Å². The van der Waals surface area contributed by atoms with E-state index in [2.05, 4.69) is 9.88 Å². The van der Waals surface area contributed by atoms with Gasteiger partial charge in [-0.2, -0.15) is 0 Å². The second-order valence-corrected chi connectivity index (χ2v) is 6.11. The maximum atomic E-state index is 11.8. The molecule has 2 aromatic rings. The Labute approximate surface area is 129 Å². The van der Waals surface area contributed by atoms with Crippen molar-refractivity contribution in [2.75, 3.05) is 18.0 Å². The average molecular weight is 296 g/mol. The highest BCUT2D eigenvalue weighted by molar-refractivity contribution is 6.00. The SMILES string of the molecule is CC1(N)CCN(c2c(-c3ccccc3)ccnc2C(N)=O)C1. The Morgan fingerprint density at radius 3 is 2.59 bits per heavy atom. The molecule has 1 unspecified atom stereocenters. The van der Waals surface area contributed by atoms with Gasteiger partial charge in [-0.05, 0) is 25.0 Å². The molecule has 0 spiro atoms. The first-order chi connectivity index (χ1) is 10.5. The summed E-state index contributed by atoms with van der Waals surface area (Å²) < 4.78 is 0. The molecule has 1 aromatic carbocycles. The van der Waals surface area contributed by atoms with Crippen molar-refractivity contribution >= 4 is 11.6 Å². The van der Waals surface area contributed by atoms with Crippen LogP contribution in [0.1, 0.15) is 23.8 Å². The first-order valence-electron chi connectivity index (χ1n) is 7.36. The summed E-state index contributed by atoms with van der Waals surface area (Å²) in [6, 6.07) is 11.9. The Bertz CT molecular complexity index is 697. The Morgan fingerprint density at radius 1 is 1.27 bits per heavy atom. The molecule has 1 atom stereocenters. The molecule has 1 aromatic heterocycles. The van der Waals surface area contributed by atoms with Crippen LogP contribution in [-0.2, 0) is 0 Å². The maximum Gasteiger partial charge on any atom is 0.269 e. The van der Waals surface area contributed by atoms with Crippen molar-refractivity contribution in [1.82, 2.24) is 4.98 Å². The number of pyridine rings is 1. The van der Waals surface area contributed by atoms with E-state index < -0.39 is 5.91 Å². The fraction of sp³-hybridized carbons (Fsp3) is 0.294. The Kier molecular flexibility index (Phi) is 3.58. The molecule has 0 saturated carbocycles. The molecule has 3 rings (SSSR count). The number of benzene rings is 1. The summed E-state index contributed by atoms with van der Waals surface area (Å²) >= 11 is 0. The fourth-order valence-corrected chi connectivity index (χ4v) is 2.98. The van der Waals surface area contributed by atoms with Crippen LogP contribution in [-0.4, -0.2) is 29.5 Å². The van der Waals surface area contributed by atoms with Crippen LogP contribution >= 0.6 is 0 Å². The lowest BCUT2D eigenvalue weighted by molar-refractivity contribution is 0.0996. The van der Waals surface area contributed by atoms with Crippen LogP contribution in [0.5, 0.6) is 0 Å². The summed E-state index contributed by atoms with van der Waals surface area (Å²) in [5.74, 6) is -0.515. The van der Waals surface area contributed by atoms with Gasteiger partial charge in [0.15, 0.2) is 5.69 Å². The highest BCUT2D eigenvalue weighted by atomic mass is 16.1. The fourth-order valence-electron chi connectivity index (χ4n) is 2.98. The van der Waals surface area contributed by atoms with Gasteiger partial charge in [0.2, 0.25) is 0 Å². The van der Waals surface area contributed by atoms with Crippen molar-refractivity contribution in [3.63, 3.8) is 0 Å². The van der Waals surface area contributed by atoms with Crippen molar-refractivity contribution in [1.29, 1.82) is 0 Å². The number of primary amides is 1. The minimum atomic E-state index is -0.515. The largest absolute Gasteiger partial charge is 0.367 e. The van der Waals surface area contributed by atoms with Gasteiger partial charge in [0, 0.05) is 30.4 Å². The number of amides is 1. The quantitative estimate of drug-likeness (QED) is 0.904. The minimum absolute atomic E-state index is 0.265. The third kappa shape index (κ3) is 2.67. The van der Waals surface area contributed by atoms with Gasteiger partial charge in [0.1, 0.15) is 0 Å². The zero-order chi connectivity index (χ0) is 15.7. The Hall–Kier alpha value is -2.40. The lowest BCUT2D eigenvalue weighted by Gasteiger charge is -2.25. The molecule has 1 fully saturated rings. The van der Waals surface area contributed by atoms with Gasteiger partial charge in [0.05, 0.1) is 5.69 Å². The molecule has 114 valence electrons. The maximum absolute atomic E-state index is 11.8. The van der Waals surface area contributed by atoms with Crippen LogP contribution in [0.4, 0.5) is 5.69 Å². The molecule has 5 heteroatoms. The molecule has 0 radical (unpaired) electrons. The number of carbonyl (C=O) groups excluding carboxylic acids is 1. The number of hydrogen-bond donors (Lipinski definition) is 2. The molecule has 4 N–H and O–H groups in total. The number of hydrogen-bond acceptors (Lipinski definition) is 4. The molecular formula is C17H20N4O. The van der Waals surface area contributed by atoms with E-state index in [1.807, 2.05) is 43.3 Å². The van der Waals surface area contributed by atoms with Crippen LogP contribution in [0.15, 0.2) is 42.6 Å². The van der Waals surface area contributed by atoms with Crippen LogP contribution in [0.2, 0.25) is 0 Å². The summed E-state index contributed by atoms with van der Waals surface area (Å²) in [6.07, 6.45) is 2.50. The van der Waals surface area contributed by atoms with Gasteiger partial charge in [-0.15, -0.1) is 0 Å². The molecular weight excluding hydrogens is 276 g/mol. The molecule has 22 heavy (non-hydrogen) atoms. The van der Waals surface area contributed by atoms with Crippen LogP contribution in [0.25, 0.3) is 11.1 Å². The second-order valence-electron chi connectivity index (χ2n) is 6.11. The van der Waals surface area contributed by atoms with E-state index in [0.717, 1.165) is 29.8 Å². The summed E-state index contributed by atoms with van der Waals surface area (Å²) in [5.41, 5.74) is 14.6. The van der Waals surface area contributed by atoms with Gasteiger partial charge >= 0.3 is 0 Å². The molecule has 5 nitrogen and oxygen atoms in total. The first-order valence-corrected chi connectivity index (χ1v) is 7.36. The average Bonchev–Trinajstić information content (AvgIpc) is 2.87. The van der Waals surface area contributed by atoms with Gasteiger partial charge in [-0.25, -0.2) is 4.98 Å². The molecule has 1 saturated heterocycles. The number of carbonyl (C=O) groups is 1. The highest BCUT2D eigenvalue weighted by Crippen LogP contribution is 2.36. The zero-order valence-electron chi connectivity index (χ0n) is 12.6. The van der Waals surface area contributed by atoms with E-state index in [-0.39, 0.29) is 5.54 Å². The van der Waals surface area contributed by atoms with Gasteiger partial charge in [-0.3, -0.25) is 4.79 Å².